The fraction of sp³-hybridized carbons (Fsp3) is 1.00. The summed E-state index contributed by atoms with van der Waals surface area (Å²) in [6.07, 6.45) is 10.0. The zero-order chi connectivity index (χ0) is 14.7. The van der Waals surface area contributed by atoms with E-state index in [2.05, 4.69) is 0 Å². The van der Waals surface area contributed by atoms with Crippen LogP contribution in [0.5, 0.6) is 0 Å². The van der Waals surface area contributed by atoms with E-state index < -0.39 is 0 Å². The maximum absolute atomic E-state index is 7.62. The summed E-state index contributed by atoms with van der Waals surface area (Å²) in [6, 6.07) is 0. The largest absolute Gasteiger partial charge is 0.394 e. The molecule has 21 heavy (non-hydrogen) atoms. The van der Waals surface area contributed by atoms with Crippen LogP contribution >= 0.6 is 0 Å². The molecule has 2 saturated heterocycles. The van der Waals surface area contributed by atoms with Crippen molar-refractivity contribution >= 4 is 0 Å². The van der Waals surface area contributed by atoms with Gasteiger partial charge >= 0.3 is 0 Å². The summed E-state index contributed by atoms with van der Waals surface area (Å²) >= 11 is 0. The third kappa shape index (κ3) is 4.63. The molecule has 0 bridgehead atoms. The van der Waals surface area contributed by atoms with Crippen molar-refractivity contribution in [1.82, 2.24) is 0 Å². The van der Waals surface area contributed by atoms with Gasteiger partial charge in [-0.3, -0.25) is 0 Å². The smallest absolute Gasteiger partial charge is 0.0845 e. The summed E-state index contributed by atoms with van der Waals surface area (Å²) in [5, 5.41) is 15.2. The number of aliphatic hydroxyl groups is 2. The molecule has 0 aromatic carbocycles. The maximum Gasteiger partial charge on any atom is 0.0845 e. The Morgan fingerprint density at radius 2 is 1.19 bits per heavy atom. The minimum atomic E-state index is -0.125. The molecule has 4 aliphatic rings. The normalized spacial score (nSPS) is 43.1. The Labute approximate surface area is 126 Å². The molecule has 2 saturated carbocycles. The summed E-state index contributed by atoms with van der Waals surface area (Å²) in [5.41, 5.74) is 0. The standard InChI is InChI=1S/C14H22O3.C2H6O2/c1-3-11-13(16-11)5-9(1)7-15-8-10-2-4-12-14(6-10)17-12;3-1-2-4/h9-14H,1-8H2;3-4H,1-2H2. The fourth-order valence-corrected chi connectivity index (χ4v) is 3.68. The highest BCUT2D eigenvalue weighted by molar-refractivity contribution is 4.93. The zero-order valence-electron chi connectivity index (χ0n) is 12.7. The van der Waals surface area contributed by atoms with Crippen LogP contribution in [0.25, 0.3) is 0 Å². The zero-order valence-corrected chi connectivity index (χ0v) is 12.7. The van der Waals surface area contributed by atoms with Gasteiger partial charge in [0.15, 0.2) is 0 Å². The van der Waals surface area contributed by atoms with Crippen molar-refractivity contribution in [3.05, 3.63) is 0 Å². The number of rotatable bonds is 5. The van der Waals surface area contributed by atoms with Crippen molar-refractivity contribution in [2.75, 3.05) is 26.4 Å². The molecule has 2 aliphatic heterocycles. The molecule has 6 atom stereocenters. The van der Waals surface area contributed by atoms with E-state index in [1.807, 2.05) is 0 Å². The van der Waals surface area contributed by atoms with E-state index in [-0.39, 0.29) is 13.2 Å². The van der Waals surface area contributed by atoms with Gasteiger partial charge in [-0.2, -0.15) is 0 Å². The first-order valence-electron chi connectivity index (χ1n) is 8.40. The number of epoxide rings is 2. The van der Waals surface area contributed by atoms with Crippen LogP contribution in [0.1, 0.15) is 38.5 Å². The molecule has 4 fully saturated rings. The third-order valence-electron chi connectivity index (χ3n) is 5.03. The number of hydrogen-bond donors (Lipinski definition) is 2. The van der Waals surface area contributed by atoms with Crippen molar-refractivity contribution in [3.8, 4) is 0 Å². The van der Waals surface area contributed by atoms with Gasteiger partial charge < -0.3 is 24.4 Å². The maximum atomic E-state index is 7.62. The van der Waals surface area contributed by atoms with Gasteiger partial charge in [0.2, 0.25) is 0 Å². The molecular formula is C16H28O5. The summed E-state index contributed by atoms with van der Waals surface area (Å²) in [4.78, 5) is 0. The minimum absolute atomic E-state index is 0.125. The van der Waals surface area contributed by atoms with Crippen LogP contribution in [0, 0.1) is 11.8 Å². The fourth-order valence-electron chi connectivity index (χ4n) is 3.68. The van der Waals surface area contributed by atoms with Crippen molar-refractivity contribution in [1.29, 1.82) is 0 Å². The molecule has 2 N–H and O–H groups in total. The average Bonchev–Trinajstić information content (AvgIpc) is 3.40. The van der Waals surface area contributed by atoms with Crippen LogP contribution < -0.4 is 0 Å². The Balaban J connectivity index is 0.000000298. The summed E-state index contributed by atoms with van der Waals surface area (Å²) in [5.74, 6) is 1.51. The second-order valence-corrected chi connectivity index (χ2v) is 6.77. The molecule has 5 nitrogen and oxygen atoms in total. The highest BCUT2D eigenvalue weighted by atomic mass is 16.6. The van der Waals surface area contributed by atoms with Gasteiger partial charge in [-0.1, -0.05) is 0 Å². The first-order valence-corrected chi connectivity index (χ1v) is 8.40. The minimum Gasteiger partial charge on any atom is -0.394 e. The number of ether oxygens (including phenoxy) is 3. The molecule has 0 aromatic rings. The van der Waals surface area contributed by atoms with Crippen LogP contribution in [0.3, 0.4) is 0 Å². The molecule has 0 spiro atoms. The van der Waals surface area contributed by atoms with E-state index in [0.29, 0.717) is 24.4 Å². The van der Waals surface area contributed by atoms with Crippen molar-refractivity contribution in [2.24, 2.45) is 11.8 Å². The average molecular weight is 300 g/mol. The Morgan fingerprint density at radius 1 is 0.714 bits per heavy atom. The van der Waals surface area contributed by atoms with Crippen LogP contribution in [0.15, 0.2) is 0 Å². The number of aliphatic hydroxyl groups excluding tert-OH is 2. The molecule has 4 rings (SSSR count). The second kappa shape index (κ2) is 7.38. The second-order valence-electron chi connectivity index (χ2n) is 6.77. The topological polar surface area (TPSA) is 74.8 Å². The van der Waals surface area contributed by atoms with Gasteiger partial charge in [0, 0.05) is 13.2 Å². The molecule has 0 amide bonds. The third-order valence-corrected chi connectivity index (χ3v) is 5.03. The van der Waals surface area contributed by atoms with Gasteiger partial charge in [-0.05, 0) is 50.4 Å². The molecule has 0 radical (unpaired) electrons. The van der Waals surface area contributed by atoms with Crippen LogP contribution in [-0.4, -0.2) is 61.1 Å². The highest BCUT2D eigenvalue weighted by Gasteiger charge is 2.45. The first-order chi connectivity index (χ1) is 10.3. The lowest BCUT2D eigenvalue weighted by molar-refractivity contribution is 0.0547. The number of fused-ring (bicyclic) bond motifs is 2. The van der Waals surface area contributed by atoms with Crippen molar-refractivity contribution in [2.45, 2.75) is 62.9 Å². The van der Waals surface area contributed by atoms with Crippen LogP contribution in [-0.2, 0) is 14.2 Å². The Hall–Kier alpha value is -0.200. The van der Waals surface area contributed by atoms with E-state index in [4.69, 9.17) is 24.4 Å². The molecule has 5 heteroatoms. The van der Waals surface area contributed by atoms with Crippen LogP contribution in [0.2, 0.25) is 0 Å². The van der Waals surface area contributed by atoms with E-state index in [1.54, 1.807) is 0 Å². The molecular weight excluding hydrogens is 272 g/mol. The van der Waals surface area contributed by atoms with Gasteiger partial charge in [0.05, 0.1) is 37.6 Å². The highest BCUT2D eigenvalue weighted by Crippen LogP contribution is 2.41. The van der Waals surface area contributed by atoms with E-state index in [0.717, 1.165) is 25.0 Å². The van der Waals surface area contributed by atoms with Crippen molar-refractivity contribution in [3.63, 3.8) is 0 Å². The van der Waals surface area contributed by atoms with Gasteiger partial charge in [-0.15, -0.1) is 0 Å². The summed E-state index contributed by atoms with van der Waals surface area (Å²) in [6.45, 7) is 1.66. The summed E-state index contributed by atoms with van der Waals surface area (Å²) in [7, 11) is 0. The lowest BCUT2D eigenvalue weighted by atomic mass is 9.89. The Kier molecular flexibility index (Phi) is 5.51. The molecule has 2 aliphatic carbocycles. The molecule has 122 valence electrons. The predicted octanol–water partition coefficient (Wildman–Crippen LogP) is 1.11. The number of hydrogen-bond acceptors (Lipinski definition) is 5. The van der Waals surface area contributed by atoms with Gasteiger partial charge in [0.25, 0.3) is 0 Å². The van der Waals surface area contributed by atoms with E-state index in [9.17, 15) is 0 Å². The van der Waals surface area contributed by atoms with E-state index >= 15 is 0 Å². The van der Waals surface area contributed by atoms with E-state index in [1.165, 1.54) is 38.5 Å². The first kappa shape index (κ1) is 15.7. The monoisotopic (exact) mass is 300 g/mol. The lowest BCUT2D eigenvalue weighted by Gasteiger charge is -2.22. The Bertz CT molecular complexity index is 294. The molecule has 2 heterocycles. The van der Waals surface area contributed by atoms with Gasteiger partial charge in [-0.25, -0.2) is 0 Å². The quantitative estimate of drug-likeness (QED) is 0.744. The predicted molar refractivity (Wildman–Crippen MR) is 77.0 cm³/mol. The lowest BCUT2D eigenvalue weighted by Crippen LogP contribution is -2.22. The SMILES string of the molecule is C1CC2OC2CC1COCC1CCC2OC2C1.OCCO. The van der Waals surface area contributed by atoms with Crippen LogP contribution in [0.4, 0.5) is 0 Å². The van der Waals surface area contributed by atoms with Gasteiger partial charge in [0.1, 0.15) is 0 Å². The molecule has 0 aromatic heterocycles. The molecule has 6 unspecified atom stereocenters. The Morgan fingerprint density at radius 3 is 1.57 bits per heavy atom. The van der Waals surface area contributed by atoms with Crippen molar-refractivity contribution < 1.29 is 24.4 Å². The summed E-state index contributed by atoms with van der Waals surface area (Å²) < 4.78 is 17.0.